The van der Waals surface area contributed by atoms with Crippen molar-refractivity contribution in [2.45, 2.75) is 24.2 Å². The van der Waals surface area contributed by atoms with Crippen LogP contribution in [0.15, 0.2) is 47.4 Å². The second-order valence-corrected chi connectivity index (χ2v) is 8.57. The van der Waals surface area contributed by atoms with Crippen LogP contribution in [0.2, 0.25) is 0 Å². The standard InChI is InChI=1S/C19H21NO5S/c1-3-26(23,24)14-8-9-18(21)17(10-14)20-19(22)16-11-15(16)12-4-6-13(25-2)7-5-12/h4-10,15-16,21H,3,11H2,1-2H3,(H,20,22). The van der Waals surface area contributed by atoms with Crippen LogP contribution < -0.4 is 10.1 Å². The summed E-state index contributed by atoms with van der Waals surface area (Å²) in [5.41, 5.74) is 1.17. The highest BCUT2D eigenvalue weighted by Gasteiger charge is 2.44. The monoisotopic (exact) mass is 375 g/mol. The predicted octanol–water partition coefficient (Wildman–Crippen LogP) is 2.94. The Labute approximate surface area is 152 Å². The first-order chi connectivity index (χ1) is 12.4. The van der Waals surface area contributed by atoms with E-state index in [2.05, 4.69) is 5.32 Å². The number of hydrogen-bond acceptors (Lipinski definition) is 5. The number of ether oxygens (including phenoxy) is 1. The van der Waals surface area contributed by atoms with Crippen molar-refractivity contribution in [1.82, 2.24) is 0 Å². The molecule has 7 heteroatoms. The Morgan fingerprint density at radius 1 is 1.23 bits per heavy atom. The van der Waals surface area contributed by atoms with Gasteiger partial charge in [0, 0.05) is 5.92 Å². The number of carbonyl (C=O) groups excluding carboxylic acids is 1. The Morgan fingerprint density at radius 2 is 1.92 bits per heavy atom. The first-order valence-corrected chi connectivity index (χ1v) is 10.0. The number of rotatable bonds is 6. The molecule has 0 radical (unpaired) electrons. The topological polar surface area (TPSA) is 92.7 Å². The molecule has 1 aliphatic rings. The maximum atomic E-state index is 12.5. The Kier molecular flexibility index (Phi) is 4.91. The lowest BCUT2D eigenvalue weighted by Gasteiger charge is -2.10. The van der Waals surface area contributed by atoms with Gasteiger partial charge in [-0.2, -0.15) is 0 Å². The summed E-state index contributed by atoms with van der Waals surface area (Å²) in [6.07, 6.45) is 0.714. The summed E-state index contributed by atoms with van der Waals surface area (Å²) in [6, 6.07) is 11.5. The van der Waals surface area contributed by atoms with Crippen LogP contribution in [0.1, 0.15) is 24.8 Å². The fraction of sp³-hybridized carbons (Fsp3) is 0.316. The minimum Gasteiger partial charge on any atom is -0.506 e. The summed E-state index contributed by atoms with van der Waals surface area (Å²) in [7, 11) is -1.81. The number of sulfone groups is 1. The molecule has 2 aromatic rings. The molecule has 6 nitrogen and oxygen atoms in total. The Balaban J connectivity index is 1.72. The number of aromatic hydroxyl groups is 1. The van der Waals surface area contributed by atoms with Crippen molar-refractivity contribution in [2.75, 3.05) is 18.2 Å². The number of hydrogen-bond donors (Lipinski definition) is 2. The Bertz CT molecular complexity index is 921. The summed E-state index contributed by atoms with van der Waals surface area (Å²) in [6.45, 7) is 1.55. The summed E-state index contributed by atoms with van der Waals surface area (Å²) in [5.74, 6) is 0.240. The molecule has 2 atom stereocenters. The zero-order valence-corrected chi connectivity index (χ0v) is 15.4. The normalized spacial score (nSPS) is 19.0. The number of benzene rings is 2. The predicted molar refractivity (Wildman–Crippen MR) is 98.3 cm³/mol. The largest absolute Gasteiger partial charge is 0.506 e. The van der Waals surface area contributed by atoms with E-state index >= 15 is 0 Å². The lowest BCUT2D eigenvalue weighted by Crippen LogP contribution is -2.15. The van der Waals surface area contributed by atoms with E-state index in [-0.39, 0.29) is 39.8 Å². The van der Waals surface area contributed by atoms with Crippen molar-refractivity contribution >= 4 is 21.4 Å². The lowest BCUT2D eigenvalue weighted by atomic mass is 10.1. The average Bonchev–Trinajstić information content (AvgIpc) is 3.44. The van der Waals surface area contributed by atoms with Gasteiger partial charge in [-0.05, 0) is 48.2 Å². The number of nitrogens with one attached hydrogen (secondary N) is 1. The molecule has 2 aromatic carbocycles. The molecule has 0 heterocycles. The third-order valence-electron chi connectivity index (χ3n) is 4.64. The molecule has 1 amide bonds. The molecule has 1 fully saturated rings. The molecule has 0 spiro atoms. The van der Waals surface area contributed by atoms with Gasteiger partial charge in [-0.1, -0.05) is 19.1 Å². The summed E-state index contributed by atoms with van der Waals surface area (Å²) in [4.78, 5) is 12.5. The summed E-state index contributed by atoms with van der Waals surface area (Å²) >= 11 is 0. The lowest BCUT2D eigenvalue weighted by molar-refractivity contribution is -0.117. The van der Waals surface area contributed by atoms with Crippen molar-refractivity contribution in [3.05, 3.63) is 48.0 Å². The van der Waals surface area contributed by atoms with Crippen LogP contribution in [0.3, 0.4) is 0 Å². The SMILES string of the molecule is CCS(=O)(=O)c1ccc(O)c(NC(=O)C2CC2c2ccc(OC)cc2)c1. The van der Waals surface area contributed by atoms with E-state index in [1.54, 1.807) is 14.0 Å². The quantitative estimate of drug-likeness (QED) is 0.757. The van der Waals surface area contributed by atoms with E-state index in [0.717, 1.165) is 11.3 Å². The smallest absolute Gasteiger partial charge is 0.228 e. The average molecular weight is 375 g/mol. The zero-order chi connectivity index (χ0) is 18.9. The van der Waals surface area contributed by atoms with E-state index in [1.807, 2.05) is 24.3 Å². The molecular weight excluding hydrogens is 354 g/mol. The third-order valence-corrected chi connectivity index (χ3v) is 6.37. The van der Waals surface area contributed by atoms with Crippen LogP contribution in [0.5, 0.6) is 11.5 Å². The van der Waals surface area contributed by atoms with Crippen LogP contribution in [-0.2, 0) is 14.6 Å². The van der Waals surface area contributed by atoms with Crippen LogP contribution in [0, 0.1) is 5.92 Å². The van der Waals surface area contributed by atoms with Crippen molar-refractivity contribution < 1.29 is 23.1 Å². The molecule has 138 valence electrons. The van der Waals surface area contributed by atoms with E-state index < -0.39 is 9.84 Å². The minimum atomic E-state index is -3.41. The molecule has 1 aliphatic carbocycles. The fourth-order valence-electron chi connectivity index (χ4n) is 2.91. The number of phenolic OH excluding ortho intramolecular Hbond substituents is 1. The molecule has 3 rings (SSSR count). The van der Waals surface area contributed by atoms with Gasteiger partial charge in [-0.25, -0.2) is 8.42 Å². The van der Waals surface area contributed by atoms with Gasteiger partial charge in [0.25, 0.3) is 0 Å². The maximum Gasteiger partial charge on any atom is 0.228 e. The van der Waals surface area contributed by atoms with Crippen molar-refractivity contribution in [3.63, 3.8) is 0 Å². The Morgan fingerprint density at radius 3 is 2.54 bits per heavy atom. The summed E-state index contributed by atoms with van der Waals surface area (Å²) in [5, 5.41) is 12.6. The van der Waals surface area contributed by atoms with E-state index in [4.69, 9.17) is 4.74 Å². The van der Waals surface area contributed by atoms with Gasteiger partial charge >= 0.3 is 0 Å². The highest BCUT2D eigenvalue weighted by Crippen LogP contribution is 2.48. The number of methoxy groups -OCH3 is 1. The van der Waals surface area contributed by atoms with E-state index in [9.17, 15) is 18.3 Å². The zero-order valence-electron chi connectivity index (χ0n) is 14.6. The van der Waals surface area contributed by atoms with Crippen molar-refractivity contribution in [1.29, 1.82) is 0 Å². The molecule has 0 bridgehead atoms. The number of amides is 1. The Hall–Kier alpha value is -2.54. The molecule has 0 aromatic heterocycles. The van der Waals surface area contributed by atoms with E-state index in [1.165, 1.54) is 18.2 Å². The van der Waals surface area contributed by atoms with Gasteiger partial charge in [0.15, 0.2) is 9.84 Å². The fourth-order valence-corrected chi connectivity index (χ4v) is 3.81. The number of phenols is 1. The molecular formula is C19H21NO5S. The van der Waals surface area contributed by atoms with Crippen LogP contribution in [-0.4, -0.2) is 32.3 Å². The highest BCUT2D eigenvalue weighted by atomic mass is 32.2. The van der Waals surface area contributed by atoms with Crippen molar-refractivity contribution in [3.8, 4) is 11.5 Å². The number of carbonyl (C=O) groups is 1. The first-order valence-electron chi connectivity index (χ1n) is 8.36. The molecule has 0 saturated heterocycles. The van der Waals surface area contributed by atoms with Gasteiger partial charge < -0.3 is 15.2 Å². The maximum absolute atomic E-state index is 12.5. The van der Waals surface area contributed by atoms with Gasteiger partial charge in [-0.3, -0.25) is 4.79 Å². The van der Waals surface area contributed by atoms with Crippen LogP contribution >= 0.6 is 0 Å². The van der Waals surface area contributed by atoms with Crippen LogP contribution in [0.4, 0.5) is 5.69 Å². The molecule has 2 N–H and O–H groups in total. The first kappa shape index (κ1) is 18.3. The second-order valence-electron chi connectivity index (χ2n) is 6.29. The van der Waals surface area contributed by atoms with Gasteiger partial charge in [0.1, 0.15) is 11.5 Å². The van der Waals surface area contributed by atoms with E-state index in [0.29, 0.717) is 6.42 Å². The molecule has 2 unspecified atom stereocenters. The van der Waals surface area contributed by atoms with Gasteiger partial charge in [0.05, 0.1) is 23.4 Å². The summed E-state index contributed by atoms with van der Waals surface area (Å²) < 4.78 is 29.1. The molecule has 26 heavy (non-hydrogen) atoms. The van der Waals surface area contributed by atoms with Gasteiger partial charge in [-0.15, -0.1) is 0 Å². The third kappa shape index (κ3) is 3.67. The minimum absolute atomic E-state index is 0.0483. The molecule has 1 saturated carbocycles. The van der Waals surface area contributed by atoms with Crippen LogP contribution in [0.25, 0.3) is 0 Å². The second kappa shape index (κ2) is 6.99. The number of anilines is 1. The van der Waals surface area contributed by atoms with Crippen molar-refractivity contribution in [2.24, 2.45) is 5.92 Å². The van der Waals surface area contributed by atoms with Gasteiger partial charge in [0.2, 0.25) is 5.91 Å². The molecule has 0 aliphatic heterocycles. The highest BCUT2D eigenvalue weighted by molar-refractivity contribution is 7.91.